The Labute approximate surface area is 93.6 Å². The van der Waals surface area contributed by atoms with Crippen LogP contribution in [0.2, 0.25) is 0 Å². The van der Waals surface area contributed by atoms with Gasteiger partial charge in [0.05, 0.1) is 5.69 Å². The van der Waals surface area contributed by atoms with Crippen LogP contribution < -0.4 is 15.0 Å². The van der Waals surface area contributed by atoms with Gasteiger partial charge in [0.1, 0.15) is 0 Å². The summed E-state index contributed by atoms with van der Waals surface area (Å²) >= 11 is 0. The van der Waals surface area contributed by atoms with Gasteiger partial charge >= 0.3 is 6.16 Å². The molecule has 1 aromatic rings. The van der Waals surface area contributed by atoms with Gasteiger partial charge in [0.25, 0.3) is 0 Å². The maximum Gasteiger partial charge on any atom is 0.511 e. The first-order valence-corrected chi connectivity index (χ1v) is 5.23. The number of ether oxygens (including phenoxy) is 1. The van der Waals surface area contributed by atoms with E-state index in [1.54, 1.807) is 12.1 Å². The van der Waals surface area contributed by atoms with Crippen LogP contribution in [0.25, 0.3) is 0 Å². The minimum absolute atomic E-state index is 0.400. The highest BCUT2D eigenvalue weighted by Gasteiger charge is 2.15. The fourth-order valence-corrected chi connectivity index (χ4v) is 1.80. The second-order valence-electron chi connectivity index (χ2n) is 3.57. The predicted molar refractivity (Wildman–Crippen MR) is 60.2 cm³/mol. The average Bonchev–Trinajstić information content (AvgIpc) is 2.30. The number of nitrogens with one attached hydrogen (secondary N) is 1. The molecule has 0 aliphatic carbocycles. The van der Waals surface area contributed by atoms with E-state index in [1.165, 1.54) is 0 Å². The number of nitrogens with zero attached hydrogens (tertiary/aromatic N) is 1. The molecule has 1 heterocycles. The Morgan fingerprint density at radius 1 is 1.31 bits per heavy atom. The molecular formula is C11H14N2O3. The number of piperazine rings is 1. The van der Waals surface area contributed by atoms with Crippen molar-refractivity contribution in [3.63, 3.8) is 0 Å². The first kappa shape index (κ1) is 10.8. The van der Waals surface area contributed by atoms with Crippen molar-refractivity contribution in [2.45, 2.75) is 0 Å². The molecule has 0 unspecified atom stereocenters. The van der Waals surface area contributed by atoms with Crippen molar-refractivity contribution in [2.24, 2.45) is 0 Å². The molecule has 2 rings (SSSR count). The first-order valence-electron chi connectivity index (χ1n) is 5.23. The third-order valence-corrected chi connectivity index (χ3v) is 2.52. The van der Waals surface area contributed by atoms with Crippen LogP contribution in [0.4, 0.5) is 10.5 Å². The molecule has 1 aliphatic heterocycles. The van der Waals surface area contributed by atoms with Crippen molar-refractivity contribution in [1.29, 1.82) is 0 Å². The maximum absolute atomic E-state index is 10.6. The van der Waals surface area contributed by atoms with E-state index in [2.05, 4.69) is 10.2 Å². The second-order valence-corrected chi connectivity index (χ2v) is 3.57. The summed E-state index contributed by atoms with van der Waals surface area (Å²) < 4.78 is 4.75. The molecule has 16 heavy (non-hydrogen) atoms. The largest absolute Gasteiger partial charge is 0.511 e. The Hall–Kier alpha value is -1.75. The van der Waals surface area contributed by atoms with Crippen LogP contribution in [0, 0.1) is 0 Å². The van der Waals surface area contributed by atoms with E-state index >= 15 is 0 Å². The van der Waals surface area contributed by atoms with Crippen molar-refractivity contribution in [3.8, 4) is 5.75 Å². The molecule has 1 aromatic carbocycles. The lowest BCUT2D eigenvalue weighted by Crippen LogP contribution is -2.43. The van der Waals surface area contributed by atoms with E-state index < -0.39 is 6.16 Å². The Balaban J connectivity index is 2.20. The molecule has 0 saturated carbocycles. The van der Waals surface area contributed by atoms with Gasteiger partial charge in [-0.05, 0) is 12.1 Å². The number of para-hydroxylation sites is 2. The Kier molecular flexibility index (Phi) is 3.26. The van der Waals surface area contributed by atoms with E-state index in [0.717, 1.165) is 31.9 Å². The minimum atomic E-state index is -1.28. The lowest BCUT2D eigenvalue weighted by molar-refractivity contribution is 0.144. The third-order valence-electron chi connectivity index (χ3n) is 2.52. The molecule has 1 aliphatic rings. The van der Waals surface area contributed by atoms with Crippen LogP contribution in [0.15, 0.2) is 24.3 Å². The van der Waals surface area contributed by atoms with E-state index in [4.69, 9.17) is 9.84 Å². The molecule has 0 spiro atoms. The van der Waals surface area contributed by atoms with Crippen LogP contribution in [-0.2, 0) is 0 Å². The molecule has 0 atom stereocenters. The van der Waals surface area contributed by atoms with Crippen molar-refractivity contribution >= 4 is 11.8 Å². The number of hydrogen-bond acceptors (Lipinski definition) is 4. The highest BCUT2D eigenvalue weighted by atomic mass is 16.7. The van der Waals surface area contributed by atoms with Gasteiger partial charge in [0.2, 0.25) is 0 Å². The highest BCUT2D eigenvalue weighted by molar-refractivity contribution is 5.68. The second kappa shape index (κ2) is 4.85. The SMILES string of the molecule is O=C(O)Oc1ccccc1N1CCNCC1. The van der Waals surface area contributed by atoms with Crippen molar-refractivity contribution in [1.82, 2.24) is 5.32 Å². The third kappa shape index (κ3) is 2.43. The normalized spacial score (nSPS) is 15.9. The average molecular weight is 222 g/mol. The van der Waals surface area contributed by atoms with Gasteiger partial charge in [0, 0.05) is 26.2 Å². The lowest BCUT2D eigenvalue weighted by atomic mass is 10.2. The van der Waals surface area contributed by atoms with E-state index in [0.29, 0.717) is 5.75 Å². The van der Waals surface area contributed by atoms with Gasteiger partial charge < -0.3 is 20.1 Å². The molecule has 1 saturated heterocycles. The molecule has 5 nitrogen and oxygen atoms in total. The number of hydrogen-bond donors (Lipinski definition) is 2. The highest BCUT2D eigenvalue weighted by Crippen LogP contribution is 2.28. The summed E-state index contributed by atoms with van der Waals surface area (Å²) in [5, 5.41) is 11.9. The predicted octanol–water partition coefficient (Wildman–Crippen LogP) is 1.15. The smallest absolute Gasteiger partial charge is 0.449 e. The van der Waals surface area contributed by atoms with Gasteiger partial charge in [-0.3, -0.25) is 0 Å². The molecule has 5 heteroatoms. The first-order chi connectivity index (χ1) is 7.77. The van der Waals surface area contributed by atoms with Gasteiger partial charge in [-0.2, -0.15) is 0 Å². The van der Waals surface area contributed by atoms with Crippen LogP contribution in [-0.4, -0.2) is 37.4 Å². The van der Waals surface area contributed by atoms with Crippen LogP contribution in [0.1, 0.15) is 0 Å². The fourth-order valence-electron chi connectivity index (χ4n) is 1.80. The summed E-state index contributed by atoms with van der Waals surface area (Å²) in [6, 6.07) is 7.20. The fraction of sp³-hybridized carbons (Fsp3) is 0.364. The molecule has 86 valence electrons. The topological polar surface area (TPSA) is 61.8 Å². The minimum Gasteiger partial charge on any atom is -0.449 e. The van der Waals surface area contributed by atoms with Crippen molar-refractivity contribution < 1.29 is 14.6 Å². The molecule has 0 radical (unpaired) electrons. The molecule has 0 aromatic heterocycles. The van der Waals surface area contributed by atoms with Crippen LogP contribution >= 0.6 is 0 Å². The Morgan fingerprint density at radius 3 is 2.69 bits per heavy atom. The van der Waals surface area contributed by atoms with E-state index in [1.807, 2.05) is 12.1 Å². The number of carbonyl (C=O) groups is 1. The summed E-state index contributed by atoms with van der Waals surface area (Å²) in [5.74, 6) is 0.400. The number of anilines is 1. The monoisotopic (exact) mass is 222 g/mol. The van der Waals surface area contributed by atoms with Crippen molar-refractivity contribution in [3.05, 3.63) is 24.3 Å². The zero-order chi connectivity index (χ0) is 11.4. The summed E-state index contributed by atoms with van der Waals surface area (Å²) in [6.07, 6.45) is -1.28. The van der Waals surface area contributed by atoms with E-state index in [-0.39, 0.29) is 0 Å². The summed E-state index contributed by atoms with van der Waals surface area (Å²) in [4.78, 5) is 12.7. The number of rotatable bonds is 2. The standard InChI is InChI=1S/C11H14N2O3/c14-11(15)16-10-4-2-1-3-9(10)13-7-5-12-6-8-13/h1-4,12H,5-8H2,(H,14,15). The molecule has 0 bridgehead atoms. The number of benzene rings is 1. The Bertz CT molecular complexity index is 375. The molecule has 1 fully saturated rings. The summed E-state index contributed by atoms with van der Waals surface area (Å²) in [7, 11) is 0. The summed E-state index contributed by atoms with van der Waals surface area (Å²) in [6.45, 7) is 3.53. The zero-order valence-corrected chi connectivity index (χ0v) is 8.85. The van der Waals surface area contributed by atoms with Crippen LogP contribution in [0.3, 0.4) is 0 Å². The molecular weight excluding hydrogens is 208 g/mol. The van der Waals surface area contributed by atoms with Gasteiger partial charge in [-0.1, -0.05) is 12.1 Å². The lowest BCUT2D eigenvalue weighted by Gasteiger charge is -2.30. The quantitative estimate of drug-likeness (QED) is 0.580. The van der Waals surface area contributed by atoms with Gasteiger partial charge in [-0.15, -0.1) is 0 Å². The van der Waals surface area contributed by atoms with E-state index in [9.17, 15) is 4.79 Å². The molecule has 0 amide bonds. The van der Waals surface area contributed by atoms with Gasteiger partial charge in [-0.25, -0.2) is 4.79 Å². The molecule has 2 N–H and O–H groups in total. The van der Waals surface area contributed by atoms with Crippen LogP contribution in [0.5, 0.6) is 5.75 Å². The zero-order valence-electron chi connectivity index (χ0n) is 8.85. The summed E-state index contributed by atoms with van der Waals surface area (Å²) in [5.41, 5.74) is 0.839. The van der Waals surface area contributed by atoms with Crippen molar-refractivity contribution in [2.75, 3.05) is 31.1 Å². The number of carboxylic acid groups (broad SMARTS) is 1. The van der Waals surface area contributed by atoms with Gasteiger partial charge in [0.15, 0.2) is 5.75 Å². The maximum atomic E-state index is 10.6. The Morgan fingerprint density at radius 2 is 2.00 bits per heavy atom.